The largest absolute Gasteiger partial charge is 0.372 e. The van der Waals surface area contributed by atoms with Gasteiger partial charge in [0, 0.05) is 28.4 Å². The Morgan fingerprint density at radius 3 is 2.24 bits per heavy atom. The van der Waals surface area contributed by atoms with E-state index in [0.29, 0.717) is 5.69 Å². The van der Waals surface area contributed by atoms with E-state index in [1.807, 2.05) is 41.7 Å². The molecule has 0 fully saturated rings. The molecule has 5 heteroatoms. The molecule has 0 N–H and O–H groups in total. The third-order valence-electron chi connectivity index (χ3n) is 5.88. The highest BCUT2D eigenvalue weighted by Crippen LogP contribution is 2.33. The van der Waals surface area contributed by atoms with E-state index < -0.39 is 0 Å². The van der Waals surface area contributed by atoms with Crippen LogP contribution in [-0.2, 0) is 6.42 Å². The normalized spacial score (nSPS) is 11.5. The maximum absolute atomic E-state index is 14.8. The Kier molecular flexibility index (Phi) is 7.50. The second-order valence-electron chi connectivity index (χ2n) is 8.12. The summed E-state index contributed by atoms with van der Waals surface area (Å²) in [6.45, 7) is 8.38. The van der Waals surface area contributed by atoms with Gasteiger partial charge in [0.25, 0.3) is 0 Å². The summed E-state index contributed by atoms with van der Waals surface area (Å²) in [5, 5.41) is 9.60. The lowest BCUT2D eigenvalue weighted by molar-refractivity contribution is 0.629. The standard InChI is InChI=1S/C28H30FN3S/c1-4-7-8-25-18-22-17-20(10-16-28(22)33-25)21-9-15-27(26(29)19-21)31-30-23-11-13-24(14-12-23)32(5-2)6-3/h9-19H,4-8H2,1-3H3. The van der Waals surface area contributed by atoms with E-state index in [9.17, 15) is 4.39 Å². The number of azo groups is 1. The highest BCUT2D eigenvalue weighted by atomic mass is 32.1. The summed E-state index contributed by atoms with van der Waals surface area (Å²) in [4.78, 5) is 3.68. The Morgan fingerprint density at radius 2 is 1.55 bits per heavy atom. The quantitative estimate of drug-likeness (QED) is 0.229. The minimum atomic E-state index is -0.370. The van der Waals surface area contributed by atoms with Crippen molar-refractivity contribution in [2.45, 2.75) is 40.0 Å². The average molecular weight is 460 g/mol. The highest BCUT2D eigenvalue weighted by Gasteiger charge is 2.08. The molecule has 1 aromatic heterocycles. The van der Waals surface area contributed by atoms with Crippen molar-refractivity contribution in [3.63, 3.8) is 0 Å². The van der Waals surface area contributed by atoms with Crippen molar-refractivity contribution in [1.82, 2.24) is 0 Å². The Balaban J connectivity index is 1.51. The molecule has 0 saturated carbocycles. The molecule has 0 amide bonds. The second-order valence-corrected chi connectivity index (χ2v) is 9.29. The maximum Gasteiger partial charge on any atom is 0.151 e. The summed E-state index contributed by atoms with van der Waals surface area (Å²) in [6.07, 6.45) is 3.53. The van der Waals surface area contributed by atoms with E-state index in [1.54, 1.807) is 12.1 Å². The summed E-state index contributed by atoms with van der Waals surface area (Å²) in [7, 11) is 0. The van der Waals surface area contributed by atoms with Crippen molar-refractivity contribution in [2.24, 2.45) is 10.2 Å². The molecule has 0 unspecified atom stereocenters. The Hall–Kier alpha value is -3.05. The second kappa shape index (κ2) is 10.7. The molecule has 0 radical (unpaired) electrons. The monoisotopic (exact) mass is 459 g/mol. The van der Waals surface area contributed by atoms with Gasteiger partial charge in [-0.05, 0) is 97.8 Å². The maximum atomic E-state index is 14.8. The smallest absolute Gasteiger partial charge is 0.151 e. The zero-order valence-corrected chi connectivity index (χ0v) is 20.3. The van der Waals surface area contributed by atoms with Crippen LogP contribution in [0.25, 0.3) is 21.2 Å². The van der Waals surface area contributed by atoms with E-state index in [2.05, 4.69) is 60.2 Å². The van der Waals surface area contributed by atoms with Gasteiger partial charge in [0.15, 0.2) is 5.82 Å². The van der Waals surface area contributed by atoms with Crippen LogP contribution >= 0.6 is 11.3 Å². The minimum absolute atomic E-state index is 0.241. The summed E-state index contributed by atoms with van der Waals surface area (Å²) >= 11 is 1.85. The van der Waals surface area contributed by atoms with Crippen LogP contribution in [0.4, 0.5) is 21.5 Å². The molecule has 1 heterocycles. The summed E-state index contributed by atoms with van der Waals surface area (Å²) in [5.74, 6) is -0.370. The van der Waals surface area contributed by atoms with Crippen molar-refractivity contribution < 1.29 is 4.39 Å². The van der Waals surface area contributed by atoms with Crippen molar-refractivity contribution >= 4 is 38.5 Å². The molecule has 170 valence electrons. The van der Waals surface area contributed by atoms with Gasteiger partial charge >= 0.3 is 0 Å². The topological polar surface area (TPSA) is 28.0 Å². The first-order valence-electron chi connectivity index (χ1n) is 11.7. The molecule has 0 aliphatic carbocycles. The first-order chi connectivity index (χ1) is 16.1. The molecule has 4 aromatic rings. The van der Waals surface area contributed by atoms with Crippen LogP contribution in [0.1, 0.15) is 38.5 Å². The minimum Gasteiger partial charge on any atom is -0.372 e. The number of benzene rings is 3. The lowest BCUT2D eigenvalue weighted by Gasteiger charge is -2.20. The fourth-order valence-electron chi connectivity index (χ4n) is 3.95. The van der Waals surface area contributed by atoms with Crippen molar-refractivity contribution in [3.8, 4) is 11.1 Å². The molecule has 0 spiro atoms. The van der Waals surface area contributed by atoms with Gasteiger partial charge in [-0.1, -0.05) is 25.5 Å². The van der Waals surface area contributed by atoms with Crippen molar-refractivity contribution in [2.75, 3.05) is 18.0 Å². The predicted molar refractivity (Wildman–Crippen MR) is 140 cm³/mol. The Bertz CT molecular complexity index is 1240. The average Bonchev–Trinajstić information content (AvgIpc) is 3.25. The number of hydrogen-bond donors (Lipinski definition) is 0. The SMILES string of the molecule is CCCCc1cc2cc(-c3ccc(N=Nc4ccc(N(CC)CC)cc4)c(F)c3)ccc2s1. The van der Waals surface area contributed by atoms with E-state index >= 15 is 0 Å². The number of halogens is 1. The Labute approximate surface area is 199 Å². The summed E-state index contributed by atoms with van der Waals surface area (Å²) < 4.78 is 16.1. The van der Waals surface area contributed by atoms with Gasteiger partial charge in [-0.2, -0.15) is 5.11 Å². The van der Waals surface area contributed by atoms with Gasteiger partial charge < -0.3 is 4.90 Å². The zero-order valence-electron chi connectivity index (χ0n) is 19.5. The van der Waals surface area contributed by atoms with Gasteiger partial charge in [0.1, 0.15) is 5.69 Å². The highest BCUT2D eigenvalue weighted by molar-refractivity contribution is 7.19. The number of rotatable bonds is 9. The molecule has 4 rings (SSSR count). The van der Waals surface area contributed by atoms with E-state index in [0.717, 1.165) is 36.3 Å². The van der Waals surface area contributed by atoms with E-state index in [1.165, 1.54) is 27.8 Å². The van der Waals surface area contributed by atoms with Crippen LogP contribution in [0.3, 0.4) is 0 Å². The number of hydrogen-bond acceptors (Lipinski definition) is 4. The number of aryl methyl sites for hydroxylation is 1. The number of anilines is 1. The first-order valence-corrected chi connectivity index (χ1v) is 12.5. The number of nitrogens with zero attached hydrogens (tertiary/aromatic N) is 3. The first kappa shape index (κ1) is 23.1. The molecular formula is C28H30FN3S. The van der Waals surface area contributed by atoms with Gasteiger partial charge in [0.05, 0.1) is 5.69 Å². The van der Waals surface area contributed by atoms with Crippen LogP contribution in [-0.4, -0.2) is 13.1 Å². The van der Waals surface area contributed by atoms with Crippen LogP contribution in [0, 0.1) is 5.82 Å². The third kappa shape index (κ3) is 5.48. The molecule has 3 aromatic carbocycles. The van der Waals surface area contributed by atoms with Crippen molar-refractivity contribution in [3.05, 3.63) is 77.4 Å². The summed E-state index contributed by atoms with van der Waals surface area (Å²) in [6, 6.07) is 21.6. The van der Waals surface area contributed by atoms with Gasteiger partial charge in [-0.25, -0.2) is 4.39 Å². The van der Waals surface area contributed by atoms with E-state index in [4.69, 9.17) is 0 Å². The predicted octanol–water partition coefficient (Wildman–Crippen LogP) is 9.31. The van der Waals surface area contributed by atoms with Gasteiger partial charge in [-0.3, -0.25) is 0 Å². The fourth-order valence-corrected chi connectivity index (χ4v) is 5.04. The van der Waals surface area contributed by atoms with Crippen LogP contribution < -0.4 is 4.90 Å². The van der Waals surface area contributed by atoms with Crippen molar-refractivity contribution in [1.29, 1.82) is 0 Å². The molecule has 0 aliphatic heterocycles. The van der Waals surface area contributed by atoms with Crippen LogP contribution in [0.15, 0.2) is 77.0 Å². The molecule has 0 atom stereocenters. The van der Waals surface area contributed by atoms with Crippen LogP contribution in [0.2, 0.25) is 0 Å². The summed E-state index contributed by atoms with van der Waals surface area (Å²) in [5.41, 5.74) is 3.95. The fraction of sp³-hybridized carbons (Fsp3) is 0.286. The molecule has 3 nitrogen and oxygen atoms in total. The molecule has 0 bridgehead atoms. The Morgan fingerprint density at radius 1 is 0.818 bits per heavy atom. The lowest BCUT2D eigenvalue weighted by Crippen LogP contribution is -2.21. The number of thiophene rings is 1. The van der Waals surface area contributed by atoms with Gasteiger partial charge in [0.2, 0.25) is 0 Å². The van der Waals surface area contributed by atoms with Crippen LogP contribution in [0.5, 0.6) is 0 Å². The zero-order chi connectivity index (χ0) is 23.2. The number of fused-ring (bicyclic) bond motifs is 1. The number of unbranched alkanes of at least 4 members (excludes halogenated alkanes) is 1. The molecule has 0 saturated heterocycles. The lowest BCUT2D eigenvalue weighted by atomic mass is 10.0. The van der Waals surface area contributed by atoms with Gasteiger partial charge in [-0.15, -0.1) is 16.5 Å². The molecule has 0 aliphatic rings. The van der Waals surface area contributed by atoms with E-state index in [-0.39, 0.29) is 11.5 Å². The third-order valence-corrected chi connectivity index (χ3v) is 7.05. The molecule has 33 heavy (non-hydrogen) atoms. The molecular weight excluding hydrogens is 429 g/mol.